The molecule has 1 fully saturated rings. The summed E-state index contributed by atoms with van der Waals surface area (Å²) in [4.78, 5) is 26.6. The van der Waals surface area contributed by atoms with Crippen molar-refractivity contribution in [2.45, 2.75) is 26.3 Å². The third kappa shape index (κ3) is 3.01. The average Bonchev–Trinajstić information content (AvgIpc) is 2.99. The molecule has 132 valence electrons. The zero-order valence-corrected chi connectivity index (χ0v) is 14.7. The van der Waals surface area contributed by atoms with Gasteiger partial charge in [-0.3, -0.25) is 14.3 Å². The van der Waals surface area contributed by atoms with Gasteiger partial charge in [-0.15, -0.1) is 0 Å². The van der Waals surface area contributed by atoms with E-state index in [9.17, 15) is 14.0 Å². The number of hydrogen-bond acceptors (Lipinski definition) is 3. The molecule has 0 radical (unpaired) electrons. The lowest BCUT2D eigenvalue weighted by Gasteiger charge is -2.25. The van der Waals surface area contributed by atoms with Gasteiger partial charge in [0.15, 0.2) is 0 Å². The van der Waals surface area contributed by atoms with Crippen LogP contribution in [0.2, 0.25) is 0 Å². The fourth-order valence-corrected chi connectivity index (χ4v) is 3.39. The van der Waals surface area contributed by atoms with Crippen molar-refractivity contribution in [2.24, 2.45) is 13.0 Å². The third-order valence-electron chi connectivity index (χ3n) is 4.89. The van der Waals surface area contributed by atoms with Crippen LogP contribution >= 0.6 is 0 Å². The van der Waals surface area contributed by atoms with Gasteiger partial charge in [0.05, 0.1) is 29.0 Å². The van der Waals surface area contributed by atoms with E-state index in [0.717, 1.165) is 17.0 Å². The molecule has 2 amide bonds. The molecular weight excluding hydrogens is 323 g/mol. The number of amides is 2. The highest BCUT2D eigenvalue weighted by molar-refractivity contribution is 5.98. The first-order valence-electron chi connectivity index (χ1n) is 8.11. The Balaban J connectivity index is 1.89. The minimum absolute atomic E-state index is 0.103. The predicted molar refractivity (Wildman–Crippen MR) is 91.3 cm³/mol. The number of halogens is 1. The fourth-order valence-electron chi connectivity index (χ4n) is 3.39. The maximum absolute atomic E-state index is 13.2. The van der Waals surface area contributed by atoms with Crippen LogP contribution in [0.25, 0.3) is 0 Å². The first kappa shape index (κ1) is 17.1. The largest absolute Gasteiger partial charge is 0.338 e. The second-order valence-corrected chi connectivity index (χ2v) is 6.47. The summed E-state index contributed by atoms with van der Waals surface area (Å²) >= 11 is 0. The van der Waals surface area contributed by atoms with E-state index in [0.29, 0.717) is 5.69 Å². The molecule has 1 aliphatic rings. The second kappa shape index (κ2) is 6.31. The van der Waals surface area contributed by atoms with E-state index in [-0.39, 0.29) is 24.1 Å². The van der Waals surface area contributed by atoms with Crippen molar-refractivity contribution in [3.8, 4) is 0 Å². The van der Waals surface area contributed by atoms with Crippen LogP contribution in [-0.4, -0.2) is 33.5 Å². The summed E-state index contributed by atoms with van der Waals surface area (Å²) in [6.07, 6.45) is 0.128. The van der Waals surface area contributed by atoms with Crippen LogP contribution in [0, 0.1) is 25.6 Å². The zero-order valence-electron chi connectivity index (χ0n) is 14.7. The third-order valence-corrected chi connectivity index (χ3v) is 4.89. The van der Waals surface area contributed by atoms with Crippen LogP contribution in [0.3, 0.4) is 0 Å². The number of rotatable bonds is 3. The predicted octanol–water partition coefficient (Wildman–Crippen LogP) is 2.33. The molecule has 25 heavy (non-hydrogen) atoms. The second-order valence-electron chi connectivity index (χ2n) is 6.47. The summed E-state index contributed by atoms with van der Waals surface area (Å²) in [5, 5.41) is 7.21. The molecule has 2 atom stereocenters. The van der Waals surface area contributed by atoms with Crippen molar-refractivity contribution in [3.63, 3.8) is 0 Å². The minimum atomic E-state index is -0.540. The van der Waals surface area contributed by atoms with Crippen molar-refractivity contribution in [1.29, 1.82) is 0 Å². The molecule has 1 N–H and O–H groups in total. The number of nitrogens with zero attached hydrogens (tertiary/aromatic N) is 3. The number of carbonyl (C=O) groups excluding carboxylic acids is 2. The smallest absolute Gasteiger partial charge is 0.230 e. The lowest BCUT2D eigenvalue weighted by Crippen LogP contribution is -2.30. The van der Waals surface area contributed by atoms with Gasteiger partial charge < -0.3 is 10.2 Å². The van der Waals surface area contributed by atoms with Gasteiger partial charge in [0.1, 0.15) is 5.82 Å². The number of aromatic nitrogens is 2. The highest BCUT2D eigenvalue weighted by atomic mass is 19.1. The Morgan fingerprint density at radius 3 is 2.44 bits per heavy atom. The van der Waals surface area contributed by atoms with Crippen LogP contribution in [0.4, 0.5) is 10.1 Å². The Hall–Kier alpha value is -2.70. The van der Waals surface area contributed by atoms with Crippen LogP contribution in [-0.2, 0) is 16.6 Å². The Bertz CT molecular complexity index is 828. The van der Waals surface area contributed by atoms with E-state index >= 15 is 0 Å². The molecule has 7 heteroatoms. The van der Waals surface area contributed by atoms with Crippen LogP contribution in [0.5, 0.6) is 0 Å². The van der Waals surface area contributed by atoms with Gasteiger partial charge in [0.2, 0.25) is 11.8 Å². The van der Waals surface area contributed by atoms with Gasteiger partial charge >= 0.3 is 0 Å². The minimum Gasteiger partial charge on any atom is -0.338 e. The highest BCUT2D eigenvalue weighted by Gasteiger charge is 2.43. The number of benzene rings is 1. The summed E-state index contributed by atoms with van der Waals surface area (Å²) in [6, 6.07) is 5.52. The Kier molecular flexibility index (Phi) is 4.32. The first-order chi connectivity index (χ1) is 11.8. The molecule has 6 nitrogen and oxygen atoms in total. The van der Waals surface area contributed by atoms with Gasteiger partial charge in [0.25, 0.3) is 0 Å². The summed E-state index contributed by atoms with van der Waals surface area (Å²) < 4.78 is 14.9. The van der Waals surface area contributed by atoms with E-state index in [4.69, 9.17) is 0 Å². The van der Waals surface area contributed by atoms with Gasteiger partial charge in [-0.05, 0) is 31.5 Å². The summed E-state index contributed by atoms with van der Waals surface area (Å²) in [5.74, 6) is -1.22. The monoisotopic (exact) mass is 344 g/mol. The van der Waals surface area contributed by atoms with Gasteiger partial charge in [-0.2, -0.15) is 5.10 Å². The standard InChI is InChI=1S/C18H21FN4O2/c1-10-16(11(2)23(4)21-10)20-18(25)14-9-15(24)22(3)17(14)12-5-7-13(19)8-6-12/h5-8,14,17H,9H2,1-4H3,(H,20,25)/t14-,17+/m1/s1. The fraction of sp³-hybridized carbons (Fsp3) is 0.389. The van der Waals surface area contributed by atoms with Crippen LogP contribution < -0.4 is 5.32 Å². The Morgan fingerprint density at radius 2 is 1.88 bits per heavy atom. The number of anilines is 1. The molecule has 2 aromatic rings. The molecule has 1 aliphatic heterocycles. The van der Waals surface area contributed by atoms with Crippen molar-refractivity contribution < 1.29 is 14.0 Å². The van der Waals surface area contributed by atoms with E-state index in [1.54, 1.807) is 28.8 Å². The molecule has 0 unspecified atom stereocenters. The average molecular weight is 344 g/mol. The zero-order chi connectivity index (χ0) is 18.3. The molecule has 3 rings (SSSR count). The van der Waals surface area contributed by atoms with E-state index < -0.39 is 12.0 Å². The molecule has 0 aliphatic carbocycles. The maximum atomic E-state index is 13.2. The number of hydrogen-bond donors (Lipinski definition) is 1. The van der Waals surface area contributed by atoms with Crippen molar-refractivity contribution in [2.75, 3.05) is 12.4 Å². The molecule has 0 spiro atoms. The Labute approximate surface area is 145 Å². The first-order valence-corrected chi connectivity index (χ1v) is 8.11. The molecule has 1 aromatic carbocycles. The number of carbonyl (C=O) groups is 2. The maximum Gasteiger partial charge on any atom is 0.230 e. The SMILES string of the molecule is Cc1nn(C)c(C)c1NC(=O)[C@@H]1CC(=O)N(C)[C@H]1c1ccc(F)cc1. The molecular formula is C18H21FN4O2. The summed E-state index contributed by atoms with van der Waals surface area (Å²) in [7, 11) is 3.48. The topological polar surface area (TPSA) is 67.2 Å². The number of aryl methyl sites for hydroxylation is 2. The van der Waals surface area contributed by atoms with E-state index in [1.165, 1.54) is 12.1 Å². The molecule has 2 heterocycles. The quantitative estimate of drug-likeness (QED) is 0.929. The highest BCUT2D eigenvalue weighted by Crippen LogP contribution is 2.38. The van der Waals surface area contributed by atoms with Crippen molar-refractivity contribution in [3.05, 3.63) is 47.0 Å². The lowest BCUT2D eigenvalue weighted by molar-refractivity contribution is -0.127. The summed E-state index contributed by atoms with van der Waals surface area (Å²) in [6.45, 7) is 3.70. The van der Waals surface area contributed by atoms with Gasteiger partial charge in [0, 0.05) is 20.5 Å². The molecule has 1 aromatic heterocycles. The van der Waals surface area contributed by atoms with Crippen LogP contribution in [0.1, 0.15) is 29.4 Å². The molecule has 0 saturated carbocycles. The van der Waals surface area contributed by atoms with Gasteiger partial charge in [-0.25, -0.2) is 4.39 Å². The molecule has 0 bridgehead atoms. The number of nitrogens with one attached hydrogen (secondary N) is 1. The Morgan fingerprint density at radius 1 is 1.24 bits per heavy atom. The van der Waals surface area contributed by atoms with Crippen molar-refractivity contribution in [1.82, 2.24) is 14.7 Å². The van der Waals surface area contributed by atoms with Crippen molar-refractivity contribution >= 4 is 17.5 Å². The van der Waals surface area contributed by atoms with Gasteiger partial charge in [-0.1, -0.05) is 12.1 Å². The normalized spacial score (nSPS) is 20.2. The van der Waals surface area contributed by atoms with E-state index in [2.05, 4.69) is 10.4 Å². The lowest BCUT2D eigenvalue weighted by atomic mass is 9.92. The number of likely N-dealkylation sites (tertiary alicyclic amines) is 1. The molecule has 1 saturated heterocycles. The van der Waals surface area contributed by atoms with E-state index in [1.807, 2.05) is 20.9 Å². The van der Waals surface area contributed by atoms with Crippen LogP contribution in [0.15, 0.2) is 24.3 Å². The summed E-state index contributed by atoms with van der Waals surface area (Å²) in [5.41, 5.74) is 2.99.